The molecule has 9 heteroatoms. The van der Waals surface area contributed by atoms with E-state index < -0.39 is 11.7 Å². The molecule has 1 aromatic carbocycles. The Kier molecular flexibility index (Phi) is 4.31. The van der Waals surface area contributed by atoms with Crippen LogP contribution in [0.15, 0.2) is 24.4 Å². The highest BCUT2D eigenvalue weighted by Crippen LogP contribution is 2.46. The van der Waals surface area contributed by atoms with Gasteiger partial charge in [-0.15, -0.1) is 8.78 Å². The first-order valence-electron chi connectivity index (χ1n) is 6.87. The molecule has 1 saturated heterocycles. The average molecular weight is 362 g/mol. The monoisotopic (exact) mass is 361 g/mol. The van der Waals surface area contributed by atoms with Crippen molar-refractivity contribution in [2.45, 2.75) is 18.1 Å². The first kappa shape index (κ1) is 16.2. The number of ether oxygens (including phenoxy) is 1. The highest BCUT2D eigenvalue weighted by atomic mass is 35.5. The number of aliphatic hydroxyl groups is 1. The maximum Gasteiger partial charge on any atom is 0.487 e. The van der Waals surface area contributed by atoms with E-state index in [0.29, 0.717) is 41.3 Å². The standard InChI is InChI=1S/C14H14ClF2N3O2S/c15-14(16,17)22-10-2-1-9(18)13(20-6-4-8(21)7-20)12(10)11-3-5-19-23-11/h1-3,5,8,21H,4,6-7,18H2/t8-/m1/s1. The van der Waals surface area contributed by atoms with Crippen LogP contribution in [-0.4, -0.2) is 34.2 Å². The number of hydrogen-bond donors (Lipinski definition) is 2. The average Bonchev–Trinajstić information content (AvgIpc) is 3.10. The summed E-state index contributed by atoms with van der Waals surface area (Å²) < 4.78 is 34.9. The first-order chi connectivity index (χ1) is 10.8. The third-order valence-electron chi connectivity index (χ3n) is 3.56. The van der Waals surface area contributed by atoms with Gasteiger partial charge in [-0.3, -0.25) is 0 Å². The second kappa shape index (κ2) is 6.10. The molecule has 0 spiro atoms. The van der Waals surface area contributed by atoms with Crippen LogP contribution in [0, 0.1) is 0 Å². The summed E-state index contributed by atoms with van der Waals surface area (Å²) >= 11 is 6.06. The van der Waals surface area contributed by atoms with Gasteiger partial charge in [0.2, 0.25) is 0 Å². The molecule has 0 aliphatic carbocycles. The Morgan fingerprint density at radius 3 is 2.78 bits per heavy atom. The molecule has 5 nitrogen and oxygen atoms in total. The fourth-order valence-corrected chi connectivity index (χ4v) is 3.40. The molecule has 0 amide bonds. The summed E-state index contributed by atoms with van der Waals surface area (Å²) in [5, 5.41) is 9.76. The molecule has 2 heterocycles. The predicted octanol–water partition coefficient (Wildman–Crippen LogP) is 3.13. The fourth-order valence-electron chi connectivity index (χ4n) is 2.67. The van der Waals surface area contributed by atoms with Crippen LogP contribution in [0.2, 0.25) is 0 Å². The van der Waals surface area contributed by atoms with Gasteiger partial charge in [-0.25, -0.2) is 4.37 Å². The number of β-amino-alcohol motifs (C(OH)–C–C–N with tert-alkyl or cyclic N) is 1. The van der Waals surface area contributed by atoms with E-state index in [1.807, 2.05) is 4.90 Å². The largest absolute Gasteiger partial charge is 0.487 e. The number of nitrogens with zero attached hydrogens (tertiary/aromatic N) is 2. The van der Waals surface area contributed by atoms with Crippen molar-refractivity contribution in [3.63, 3.8) is 0 Å². The molecule has 2 aromatic rings. The number of aromatic nitrogens is 1. The van der Waals surface area contributed by atoms with Crippen molar-refractivity contribution in [1.82, 2.24) is 4.37 Å². The molecule has 3 rings (SSSR count). The molecular weight excluding hydrogens is 348 g/mol. The number of benzene rings is 1. The Bertz CT molecular complexity index is 694. The van der Waals surface area contributed by atoms with Crippen LogP contribution in [0.4, 0.5) is 20.2 Å². The minimum absolute atomic E-state index is 0.0835. The number of hydrogen-bond acceptors (Lipinski definition) is 6. The third-order valence-corrected chi connectivity index (χ3v) is 4.40. The van der Waals surface area contributed by atoms with E-state index in [9.17, 15) is 13.9 Å². The summed E-state index contributed by atoms with van der Waals surface area (Å²) in [6, 6.07) is 4.54. The van der Waals surface area contributed by atoms with Crippen LogP contribution in [0.25, 0.3) is 10.4 Å². The summed E-state index contributed by atoms with van der Waals surface area (Å²) in [5.74, 6) is -0.0835. The van der Waals surface area contributed by atoms with Crippen molar-refractivity contribution in [2.24, 2.45) is 0 Å². The maximum atomic E-state index is 13.1. The molecule has 0 unspecified atom stereocenters. The van der Waals surface area contributed by atoms with Gasteiger partial charge in [-0.2, -0.15) is 0 Å². The zero-order valence-corrected chi connectivity index (χ0v) is 13.4. The second-order valence-electron chi connectivity index (χ2n) is 5.19. The topological polar surface area (TPSA) is 71.6 Å². The van der Waals surface area contributed by atoms with Crippen molar-refractivity contribution >= 4 is 34.5 Å². The molecule has 23 heavy (non-hydrogen) atoms. The van der Waals surface area contributed by atoms with Crippen molar-refractivity contribution in [2.75, 3.05) is 23.7 Å². The van der Waals surface area contributed by atoms with Gasteiger partial charge in [0.15, 0.2) is 0 Å². The van der Waals surface area contributed by atoms with Gasteiger partial charge in [0.1, 0.15) is 5.75 Å². The lowest BCUT2D eigenvalue weighted by Crippen LogP contribution is -2.24. The van der Waals surface area contributed by atoms with Crippen molar-refractivity contribution in [3.05, 3.63) is 24.4 Å². The van der Waals surface area contributed by atoms with Gasteiger partial charge in [-0.1, -0.05) is 0 Å². The predicted molar refractivity (Wildman–Crippen MR) is 86.2 cm³/mol. The Morgan fingerprint density at radius 1 is 1.43 bits per heavy atom. The van der Waals surface area contributed by atoms with Crippen molar-refractivity contribution in [1.29, 1.82) is 0 Å². The van der Waals surface area contributed by atoms with Crippen LogP contribution in [0.5, 0.6) is 5.75 Å². The van der Waals surface area contributed by atoms with Crippen LogP contribution < -0.4 is 15.4 Å². The molecule has 1 fully saturated rings. The highest BCUT2D eigenvalue weighted by Gasteiger charge is 2.32. The quantitative estimate of drug-likeness (QED) is 0.646. The van der Waals surface area contributed by atoms with Crippen LogP contribution in [0.1, 0.15) is 6.42 Å². The van der Waals surface area contributed by atoms with Gasteiger partial charge >= 0.3 is 5.57 Å². The molecule has 1 atom stereocenters. The molecule has 124 valence electrons. The van der Waals surface area contributed by atoms with Crippen LogP contribution in [-0.2, 0) is 0 Å². The molecule has 0 bridgehead atoms. The number of halogens is 3. The summed E-state index contributed by atoms with van der Waals surface area (Å²) in [6.45, 7) is 0.939. The van der Waals surface area contributed by atoms with Crippen molar-refractivity contribution in [3.8, 4) is 16.2 Å². The van der Waals surface area contributed by atoms with E-state index in [2.05, 4.69) is 9.11 Å². The molecule has 0 radical (unpaired) electrons. The minimum Gasteiger partial charge on any atom is -0.419 e. The fraction of sp³-hybridized carbons (Fsp3) is 0.357. The Hall–Kier alpha value is -1.64. The molecular formula is C14H14ClF2N3O2S. The van der Waals surface area contributed by atoms with E-state index >= 15 is 0 Å². The lowest BCUT2D eigenvalue weighted by molar-refractivity contribution is -0.0960. The lowest BCUT2D eigenvalue weighted by atomic mass is 10.1. The molecule has 1 aromatic heterocycles. The molecule has 3 N–H and O–H groups in total. The minimum atomic E-state index is -3.84. The molecule has 1 aliphatic heterocycles. The van der Waals surface area contributed by atoms with Crippen molar-refractivity contribution < 1.29 is 18.6 Å². The van der Waals surface area contributed by atoms with Gasteiger partial charge < -0.3 is 20.5 Å². The highest BCUT2D eigenvalue weighted by molar-refractivity contribution is 7.09. The molecule has 1 aliphatic rings. The molecule has 0 saturated carbocycles. The zero-order chi connectivity index (χ0) is 16.6. The summed E-state index contributed by atoms with van der Waals surface area (Å²) in [5.41, 5.74) is 3.59. The Morgan fingerprint density at radius 2 is 2.22 bits per heavy atom. The van der Waals surface area contributed by atoms with E-state index in [-0.39, 0.29) is 5.75 Å². The van der Waals surface area contributed by atoms with Crippen LogP contribution >= 0.6 is 23.1 Å². The smallest absolute Gasteiger partial charge is 0.419 e. The summed E-state index contributed by atoms with van der Waals surface area (Å²) in [6.07, 6.45) is 1.66. The van der Waals surface area contributed by atoms with Gasteiger partial charge in [0.25, 0.3) is 0 Å². The van der Waals surface area contributed by atoms with E-state index in [0.717, 1.165) is 11.5 Å². The maximum absolute atomic E-state index is 13.1. The Labute approximate surface area is 140 Å². The van der Waals surface area contributed by atoms with Gasteiger partial charge in [0.05, 0.1) is 27.9 Å². The van der Waals surface area contributed by atoms with Gasteiger partial charge in [-0.05, 0) is 36.2 Å². The number of nitrogen functional groups attached to an aromatic ring is 1. The Balaban J connectivity index is 2.15. The summed E-state index contributed by atoms with van der Waals surface area (Å²) in [7, 11) is 0. The van der Waals surface area contributed by atoms with E-state index in [1.54, 1.807) is 12.3 Å². The zero-order valence-electron chi connectivity index (χ0n) is 11.9. The number of anilines is 2. The number of rotatable bonds is 4. The number of nitrogens with two attached hydrogens (primary N) is 1. The second-order valence-corrected chi connectivity index (χ2v) is 6.46. The summed E-state index contributed by atoms with van der Waals surface area (Å²) in [4.78, 5) is 2.48. The van der Waals surface area contributed by atoms with E-state index in [1.165, 1.54) is 12.1 Å². The third kappa shape index (κ3) is 3.49. The van der Waals surface area contributed by atoms with Gasteiger partial charge in [0, 0.05) is 30.9 Å². The first-order valence-corrected chi connectivity index (χ1v) is 8.02. The normalized spacial score (nSPS) is 18.4. The van der Waals surface area contributed by atoms with Crippen LogP contribution in [0.3, 0.4) is 0 Å². The van der Waals surface area contributed by atoms with E-state index in [4.69, 9.17) is 17.3 Å². The SMILES string of the molecule is Nc1ccc(OC(F)(F)Cl)c(-c2ccns2)c1N1CC[C@@H](O)C1. The number of aliphatic hydroxyl groups excluding tert-OH is 1. The number of alkyl halides is 3. The lowest BCUT2D eigenvalue weighted by Gasteiger charge is -2.25.